The van der Waals surface area contributed by atoms with E-state index in [1.165, 1.54) is 9.80 Å². The third-order valence-electron chi connectivity index (χ3n) is 8.70. The van der Waals surface area contributed by atoms with Crippen molar-refractivity contribution in [1.29, 1.82) is 0 Å². The lowest BCUT2D eigenvalue weighted by molar-refractivity contribution is -0.171. The van der Waals surface area contributed by atoms with Gasteiger partial charge in [-0.3, -0.25) is 48.2 Å². The monoisotopic (exact) mass is 972 g/mol. The summed E-state index contributed by atoms with van der Waals surface area (Å²) in [6.45, 7) is 29.8. The van der Waals surface area contributed by atoms with Gasteiger partial charge in [-0.15, -0.1) is 0 Å². The van der Waals surface area contributed by atoms with E-state index in [1.54, 1.807) is 125 Å². The number of nitrogens with zero attached hydrogens (tertiary/aromatic N) is 2. The van der Waals surface area contributed by atoms with Gasteiger partial charge in [-0.2, -0.15) is 0 Å². The molecule has 0 spiro atoms. The third-order valence-corrected chi connectivity index (χ3v) is 8.70. The molecule has 0 radical (unpaired) electrons. The molecular weight excluding hydrogens is 883 g/mol. The zero-order valence-electron chi connectivity index (χ0n) is 44.8. The van der Waals surface area contributed by atoms with Gasteiger partial charge in [0, 0.05) is 19.5 Å². The van der Waals surface area contributed by atoms with Gasteiger partial charge in [-0.05, 0) is 170 Å². The van der Waals surface area contributed by atoms with Crippen LogP contribution in [-0.4, -0.2) is 148 Å². The van der Waals surface area contributed by atoms with Crippen molar-refractivity contribution in [3.63, 3.8) is 0 Å². The Hall–Kier alpha value is -4.36. The van der Waals surface area contributed by atoms with Crippen molar-refractivity contribution in [2.75, 3.05) is 39.3 Å². The molecule has 0 aliphatic rings. The van der Waals surface area contributed by atoms with E-state index in [0.717, 1.165) is 0 Å². The molecule has 0 bridgehead atoms. The Bertz CT molecular complexity index is 1600. The van der Waals surface area contributed by atoms with E-state index >= 15 is 0 Å². The molecule has 2 amide bonds. The third kappa shape index (κ3) is 33.2. The van der Waals surface area contributed by atoms with Crippen LogP contribution in [0.4, 0.5) is 0 Å². The van der Waals surface area contributed by atoms with E-state index < -0.39 is 93.5 Å². The number of ether oxygens (including phenoxy) is 6. The molecule has 68 heavy (non-hydrogen) atoms. The fourth-order valence-electron chi connectivity index (χ4n) is 6.35. The Morgan fingerprint density at radius 3 is 0.971 bits per heavy atom. The number of amides is 2. The van der Waals surface area contributed by atoms with E-state index in [1.807, 2.05) is 0 Å². The lowest BCUT2D eigenvalue weighted by Crippen LogP contribution is -2.50. The molecule has 0 aliphatic carbocycles. The van der Waals surface area contributed by atoms with Crippen molar-refractivity contribution < 1.29 is 66.8 Å². The molecule has 0 rings (SSSR count). The zero-order chi connectivity index (χ0) is 53.1. The first-order valence-corrected chi connectivity index (χ1v) is 23.8. The quantitative estimate of drug-likeness (QED) is 0.0582. The highest BCUT2D eigenvalue weighted by Crippen LogP contribution is 2.21. The summed E-state index contributed by atoms with van der Waals surface area (Å²) in [5.41, 5.74) is 1.21. The number of hydrogen-bond acceptors (Lipinski definition) is 17. The first kappa shape index (κ1) is 63.6. The number of rotatable bonds is 26. The molecule has 0 aromatic carbocycles. The number of carbonyl (C=O) groups excluding carboxylic acids is 8. The Labute approximate surface area is 406 Å². The molecule has 0 aromatic heterocycles. The Morgan fingerprint density at radius 1 is 0.412 bits per heavy atom. The second-order valence-electron chi connectivity index (χ2n) is 23.0. The van der Waals surface area contributed by atoms with Crippen molar-refractivity contribution in [3.05, 3.63) is 0 Å². The lowest BCUT2D eigenvalue weighted by Gasteiger charge is -2.33. The van der Waals surface area contributed by atoms with E-state index in [4.69, 9.17) is 34.2 Å². The van der Waals surface area contributed by atoms with Crippen LogP contribution >= 0.6 is 0 Å². The standard InChI is InChI=1S/C49H89N5O14/c1-44(2,3)63-37(56)29-53(30-38(57)64-45(4,5)6)34(42(61)67-48(13,14)15)23-19-21-27-51-36(55)26-25-33(50)41(60)52-28-22-20-24-35(43(62)68-49(16,17)18)54(31-39(58)65-46(7,8)9)32-40(59)66-47(10,11)12/h33-35H,19-32,50H2,1-18H3,(H,51,55)(H,52,60). The molecule has 0 aliphatic heterocycles. The maximum atomic E-state index is 13.5. The van der Waals surface area contributed by atoms with Crippen molar-refractivity contribution >= 4 is 47.6 Å². The fourth-order valence-corrected chi connectivity index (χ4v) is 6.35. The molecule has 3 atom stereocenters. The minimum atomic E-state index is -1.01. The van der Waals surface area contributed by atoms with Crippen molar-refractivity contribution in [1.82, 2.24) is 20.4 Å². The first-order chi connectivity index (χ1) is 30.6. The minimum absolute atomic E-state index is 0.0304. The molecule has 0 saturated carbocycles. The fraction of sp³-hybridized carbons (Fsp3) is 0.837. The highest BCUT2D eigenvalue weighted by Gasteiger charge is 2.37. The van der Waals surface area contributed by atoms with Gasteiger partial charge in [-0.25, -0.2) is 0 Å². The van der Waals surface area contributed by atoms with Gasteiger partial charge < -0.3 is 44.8 Å². The Balaban J connectivity index is 5.49. The molecule has 0 fully saturated rings. The highest BCUT2D eigenvalue weighted by molar-refractivity contribution is 5.83. The van der Waals surface area contributed by atoms with Gasteiger partial charge in [0.15, 0.2) is 0 Å². The lowest BCUT2D eigenvalue weighted by atomic mass is 10.1. The summed E-state index contributed by atoms with van der Waals surface area (Å²) in [6, 6.07) is -3.00. The minimum Gasteiger partial charge on any atom is -0.459 e. The average Bonchev–Trinajstić information content (AvgIpc) is 3.08. The summed E-state index contributed by atoms with van der Waals surface area (Å²) in [7, 11) is 0. The van der Waals surface area contributed by atoms with Gasteiger partial charge in [0.1, 0.15) is 45.7 Å². The molecule has 4 N–H and O–H groups in total. The predicted molar refractivity (Wildman–Crippen MR) is 257 cm³/mol. The maximum absolute atomic E-state index is 13.5. The second kappa shape index (κ2) is 27.7. The number of esters is 6. The first-order valence-electron chi connectivity index (χ1n) is 23.8. The van der Waals surface area contributed by atoms with E-state index in [-0.39, 0.29) is 70.9 Å². The topological polar surface area (TPSA) is 248 Å². The molecule has 19 heteroatoms. The summed E-state index contributed by atoms with van der Waals surface area (Å²) in [5.74, 6) is -4.57. The van der Waals surface area contributed by atoms with Gasteiger partial charge >= 0.3 is 35.8 Å². The average molecular weight is 972 g/mol. The van der Waals surface area contributed by atoms with Crippen molar-refractivity contribution in [3.8, 4) is 0 Å². The molecule has 0 aromatic rings. The largest absolute Gasteiger partial charge is 0.459 e. The van der Waals surface area contributed by atoms with Gasteiger partial charge in [0.2, 0.25) is 11.8 Å². The number of nitrogens with one attached hydrogen (secondary N) is 2. The molecule has 0 saturated heterocycles. The summed E-state index contributed by atoms with van der Waals surface area (Å²) in [6.07, 6.45) is 2.07. The van der Waals surface area contributed by atoms with Crippen LogP contribution in [0, 0.1) is 0 Å². The number of carbonyl (C=O) groups is 8. The summed E-state index contributed by atoms with van der Waals surface area (Å²) < 4.78 is 33.4. The van der Waals surface area contributed by atoms with E-state index in [9.17, 15) is 38.4 Å². The van der Waals surface area contributed by atoms with Gasteiger partial charge in [0.05, 0.1) is 32.2 Å². The summed E-state index contributed by atoms with van der Waals surface area (Å²) in [4.78, 5) is 107. The van der Waals surface area contributed by atoms with E-state index in [0.29, 0.717) is 25.7 Å². The number of hydrogen-bond donors (Lipinski definition) is 3. The van der Waals surface area contributed by atoms with Crippen LogP contribution < -0.4 is 16.4 Å². The van der Waals surface area contributed by atoms with Crippen LogP contribution in [0.15, 0.2) is 0 Å². The zero-order valence-corrected chi connectivity index (χ0v) is 44.8. The molecule has 3 unspecified atom stereocenters. The van der Waals surface area contributed by atoms with Crippen LogP contribution in [0.5, 0.6) is 0 Å². The summed E-state index contributed by atoms with van der Waals surface area (Å²) >= 11 is 0. The normalized spacial score (nSPS) is 14.0. The van der Waals surface area contributed by atoms with Crippen LogP contribution in [0.2, 0.25) is 0 Å². The summed E-state index contributed by atoms with van der Waals surface area (Å²) in [5, 5.41) is 5.57. The van der Waals surface area contributed by atoms with Crippen molar-refractivity contribution in [2.45, 2.75) is 228 Å². The molecule has 394 valence electrons. The molecular formula is C49H89N5O14. The van der Waals surface area contributed by atoms with Crippen LogP contribution in [0.25, 0.3) is 0 Å². The van der Waals surface area contributed by atoms with Crippen LogP contribution in [0.3, 0.4) is 0 Å². The highest BCUT2D eigenvalue weighted by atomic mass is 16.6. The molecule has 0 heterocycles. The predicted octanol–water partition coefficient (Wildman–Crippen LogP) is 5.06. The molecule has 19 nitrogen and oxygen atoms in total. The van der Waals surface area contributed by atoms with Crippen LogP contribution in [-0.2, 0) is 66.8 Å². The van der Waals surface area contributed by atoms with E-state index in [2.05, 4.69) is 10.6 Å². The smallest absolute Gasteiger partial charge is 0.323 e. The van der Waals surface area contributed by atoms with Gasteiger partial charge in [-0.1, -0.05) is 0 Å². The van der Waals surface area contributed by atoms with Crippen LogP contribution in [0.1, 0.15) is 176 Å². The SMILES string of the molecule is CC(C)(C)OC(=O)CN(CC(=O)OC(C)(C)C)C(CCCCNC(=O)CCC(N)C(=O)NCCCCC(C(=O)OC(C)(C)C)N(CC(=O)OC(C)(C)C)CC(=O)OC(C)(C)C)C(=O)OC(C)(C)C. The van der Waals surface area contributed by atoms with Crippen molar-refractivity contribution in [2.24, 2.45) is 5.73 Å². The Kier molecular flexibility index (Phi) is 26.0. The number of nitrogens with two attached hydrogens (primary N) is 1. The second-order valence-corrected chi connectivity index (χ2v) is 23.0. The van der Waals surface area contributed by atoms with Gasteiger partial charge in [0.25, 0.3) is 0 Å². The Morgan fingerprint density at radius 2 is 0.691 bits per heavy atom. The number of unbranched alkanes of at least 4 members (excludes halogenated alkanes) is 2. The maximum Gasteiger partial charge on any atom is 0.323 e.